The van der Waals surface area contributed by atoms with Crippen LogP contribution in [0.1, 0.15) is 20.7 Å². The Labute approximate surface area is 144 Å². The van der Waals surface area contributed by atoms with Crippen molar-refractivity contribution in [2.24, 2.45) is 0 Å². The first kappa shape index (κ1) is 16.3. The van der Waals surface area contributed by atoms with Crippen molar-refractivity contribution >= 4 is 11.9 Å². The zero-order chi connectivity index (χ0) is 17.6. The first-order valence-corrected chi connectivity index (χ1v) is 7.51. The number of hydrogen-bond donors (Lipinski definition) is 1. The maximum absolute atomic E-state index is 12.0. The van der Waals surface area contributed by atoms with E-state index in [2.05, 4.69) is 0 Å². The molecule has 124 valence electrons. The molecule has 0 spiro atoms. The predicted molar refractivity (Wildman–Crippen MR) is 90.9 cm³/mol. The Bertz CT molecular complexity index is 888. The summed E-state index contributed by atoms with van der Waals surface area (Å²) < 4.78 is 10.3. The minimum absolute atomic E-state index is 0.0200. The van der Waals surface area contributed by atoms with Gasteiger partial charge in [0.15, 0.2) is 11.5 Å². The molecule has 0 fully saturated rings. The number of phenolic OH excluding ortho intramolecular Hbond substituents is 1. The summed E-state index contributed by atoms with van der Waals surface area (Å²) in [6.45, 7) is 0. The molecule has 0 amide bonds. The number of aromatic hydroxyl groups is 1. The fourth-order valence-corrected chi connectivity index (χ4v) is 2.12. The number of carbonyl (C=O) groups excluding carboxylic acids is 2. The van der Waals surface area contributed by atoms with Crippen molar-refractivity contribution in [3.8, 4) is 17.2 Å². The zero-order valence-electron chi connectivity index (χ0n) is 13.1. The first-order valence-electron chi connectivity index (χ1n) is 7.51. The van der Waals surface area contributed by atoms with E-state index in [-0.39, 0.29) is 17.2 Å². The highest BCUT2D eigenvalue weighted by Gasteiger charge is 2.14. The van der Waals surface area contributed by atoms with E-state index >= 15 is 0 Å². The molecule has 3 aromatic rings. The molecule has 1 N–H and O–H groups in total. The minimum Gasteiger partial charge on any atom is -0.504 e. The van der Waals surface area contributed by atoms with Gasteiger partial charge in [0.1, 0.15) is 5.75 Å². The number of carbonyl (C=O) groups is 2. The van der Waals surface area contributed by atoms with Gasteiger partial charge in [-0.15, -0.1) is 0 Å². The number of benzene rings is 3. The smallest absolute Gasteiger partial charge is 0.343 e. The molecule has 0 aromatic heterocycles. The van der Waals surface area contributed by atoms with Crippen LogP contribution in [-0.2, 0) is 0 Å². The molecule has 0 aliphatic carbocycles. The van der Waals surface area contributed by atoms with Crippen LogP contribution in [0.5, 0.6) is 17.2 Å². The van der Waals surface area contributed by atoms with Crippen molar-refractivity contribution in [3.05, 3.63) is 90.0 Å². The van der Waals surface area contributed by atoms with Crippen molar-refractivity contribution in [3.63, 3.8) is 0 Å². The molecule has 3 aromatic carbocycles. The molecule has 0 aliphatic heterocycles. The summed E-state index contributed by atoms with van der Waals surface area (Å²) in [5, 5.41) is 10.0. The van der Waals surface area contributed by atoms with Crippen molar-refractivity contribution in [1.82, 2.24) is 0 Å². The second kappa shape index (κ2) is 7.31. The Kier molecular flexibility index (Phi) is 4.76. The molecule has 0 unspecified atom stereocenters. The summed E-state index contributed by atoms with van der Waals surface area (Å²) in [4.78, 5) is 24.0. The normalized spacial score (nSPS) is 10.1. The third-order valence-electron chi connectivity index (χ3n) is 3.36. The lowest BCUT2D eigenvalue weighted by Gasteiger charge is -2.09. The highest BCUT2D eigenvalue weighted by atomic mass is 16.5. The third-order valence-corrected chi connectivity index (χ3v) is 3.36. The second-order valence-corrected chi connectivity index (χ2v) is 5.14. The van der Waals surface area contributed by atoms with E-state index in [0.717, 1.165) is 0 Å². The van der Waals surface area contributed by atoms with Crippen LogP contribution in [0, 0.1) is 0 Å². The molecule has 0 saturated carbocycles. The summed E-state index contributed by atoms with van der Waals surface area (Å²) in [6.07, 6.45) is 0. The van der Waals surface area contributed by atoms with E-state index in [0.29, 0.717) is 11.1 Å². The maximum atomic E-state index is 12.0. The molecule has 25 heavy (non-hydrogen) atoms. The van der Waals surface area contributed by atoms with E-state index in [4.69, 9.17) is 9.47 Å². The van der Waals surface area contributed by atoms with Crippen LogP contribution < -0.4 is 9.47 Å². The van der Waals surface area contributed by atoms with Gasteiger partial charge in [-0.3, -0.25) is 0 Å². The number of ether oxygens (including phenoxy) is 2. The fourth-order valence-electron chi connectivity index (χ4n) is 2.12. The van der Waals surface area contributed by atoms with Gasteiger partial charge in [-0.1, -0.05) is 36.4 Å². The summed E-state index contributed by atoms with van der Waals surface area (Å²) >= 11 is 0. The molecule has 0 radical (unpaired) electrons. The van der Waals surface area contributed by atoms with Gasteiger partial charge < -0.3 is 14.6 Å². The fraction of sp³-hybridized carbons (Fsp3) is 0. The van der Waals surface area contributed by atoms with Gasteiger partial charge in [0.2, 0.25) is 0 Å². The molecular weight excluding hydrogens is 320 g/mol. The van der Waals surface area contributed by atoms with E-state index in [1.807, 2.05) is 0 Å². The van der Waals surface area contributed by atoms with Gasteiger partial charge in [0, 0.05) is 6.07 Å². The van der Waals surface area contributed by atoms with Crippen molar-refractivity contribution < 1.29 is 24.2 Å². The largest absolute Gasteiger partial charge is 0.504 e. The Morgan fingerprint density at radius 1 is 0.680 bits per heavy atom. The van der Waals surface area contributed by atoms with Crippen molar-refractivity contribution in [2.75, 3.05) is 0 Å². The lowest BCUT2D eigenvalue weighted by Crippen LogP contribution is -2.09. The van der Waals surface area contributed by atoms with Gasteiger partial charge in [-0.25, -0.2) is 9.59 Å². The molecule has 5 heteroatoms. The van der Waals surface area contributed by atoms with Gasteiger partial charge in [-0.05, 0) is 36.4 Å². The quantitative estimate of drug-likeness (QED) is 0.580. The Balaban J connectivity index is 1.71. The lowest BCUT2D eigenvalue weighted by atomic mass is 10.2. The average Bonchev–Trinajstić information content (AvgIpc) is 2.65. The van der Waals surface area contributed by atoms with Crippen LogP contribution >= 0.6 is 0 Å². The molecule has 0 heterocycles. The van der Waals surface area contributed by atoms with Crippen LogP contribution in [0.2, 0.25) is 0 Å². The first-order chi connectivity index (χ1) is 12.1. The highest BCUT2D eigenvalue weighted by molar-refractivity contribution is 5.92. The van der Waals surface area contributed by atoms with Crippen LogP contribution in [0.25, 0.3) is 0 Å². The SMILES string of the molecule is O=C(Oc1ccc(OC(=O)c2ccccc2)c(O)c1)c1ccccc1. The van der Waals surface area contributed by atoms with Gasteiger partial charge >= 0.3 is 11.9 Å². The van der Waals surface area contributed by atoms with E-state index in [1.54, 1.807) is 60.7 Å². The van der Waals surface area contributed by atoms with Crippen LogP contribution in [0.4, 0.5) is 0 Å². The molecule has 0 atom stereocenters. The van der Waals surface area contributed by atoms with Crippen LogP contribution in [0.3, 0.4) is 0 Å². The summed E-state index contributed by atoms with van der Waals surface area (Å²) in [7, 11) is 0. The molecule has 0 bridgehead atoms. The van der Waals surface area contributed by atoms with Crippen molar-refractivity contribution in [2.45, 2.75) is 0 Å². The van der Waals surface area contributed by atoms with Gasteiger partial charge in [-0.2, -0.15) is 0 Å². The maximum Gasteiger partial charge on any atom is 0.343 e. The highest BCUT2D eigenvalue weighted by Crippen LogP contribution is 2.31. The number of esters is 2. The number of phenols is 1. The van der Waals surface area contributed by atoms with Crippen molar-refractivity contribution in [1.29, 1.82) is 0 Å². The van der Waals surface area contributed by atoms with Crippen LogP contribution in [0.15, 0.2) is 78.9 Å². The third kappa shape index (κ3) is 4.03. The summed E-state index contributed by atoms with van der Waals surface area (Å²) in [6, 6.07) is 20.9. The predicted octanol–water partition coefficient (Wildman–Crippen LogP) is 3.83. The van der Waals surface area contributed by atoms with E-state index in [1.165, 1.54) is 18.2 Å². The molecule has 0 aliphatic rings. The summed E-state index contributed by atoms with van der Waals surface area (Å²) in [5.74, 6) is -1.32. The Morgan fingerprint density at radius 3 is 1.72 bits per heavy atom. The number of hydrogen-bond acceptors (Lipinski definition) is 5. The topological polar surface area (TPSA) is 72.8 Å². The zero-order valence-corrected chi connectivity index (χ0v) is 13.1. The lowest BCUT2D eigenvalue weighted by molar-refractivity contribution is 0.0715. The molecule has 5 nitrogen and oxygen atoms in total. The van der Waals surface area contributed by atoms with Gasteiger partial charge in [0.05, 0.1) is 11.1 Å². The average molecular weight is 334 g/mol. The Morgan fingerprint density at radius 2 is 1.20 bits per heavy atom. The van der Waals surface area contributed by atoms with E-state index in [9.17, 15) is 14.7 Å². The number of rotatable bonds is 4. The Hall–Kier alpha value is -3.60. The minimum atomic E-state index is -0.593. The second-order valence-electron chi connectivity index (χ2n) is 5.14. The molecule has 0 saturated heterocycles. The standard InChI is InChI=1S/C20H14O5/c21-17-13-16(24-19(22)14-7-3-1-4-8-14)11-12-18(17)25-20(23)15-9-5-2-6-10-15/h1-13,21H. The monoisotopic (exact) mass is 334 g/mol. The van der Waals surface area contributed by atoms with E-state index < -0.39 is 11.9 Å². The van der Waals surface area contributed by atoms with Crippen LogP contribution in [-0.4, -0.2) is 17.0 Å². The molecule has 3 rings (SSSR count). The summed E-state index contributed by atoms with van der Waals surface area (Å²) in [5.41, 5.74) is 0.753. The molecular formula is C20H14O5. The van der Waals surface area contributed by atoms with Gasteiger partial charge in [0.25, 0.3) is 0 Å².